The number of likely N-dealkylation sites (N-methyl/N-ethyl adjacent to an activating group) is 1. The molecule has 2 N–H and O–H groups in total. The largest absolute Gasteiger partial charge is 0.357 e. The van der Waals surface area contributed by atoms with Crippen LogP contribution in [0.25, 0.3) is 0 Å². The Hall–Kier alpha value is -1.14. The van der Waals surface area contributed by atoms with Crippen LogP contribution in [-0.2, 0) is 6.54 Å². The Bertz CT molecular complexity index is 398. The molecule has 0 saturated heterocycles. The van der Waals surface area contributed by atoms with Gasteiger partial charge in [-0.3, -0.25) is 0 Å². The molecule has 0 amide bonds. The smallest absolute Gasteiger partial charge is 0.191 e. The molecule has 1 aromatic heterocycles. The maximum Gasteiger partial charge on any atom is 0.191 e. The topological polar surface area (TPSA) is 52.6 Å². The van der Waals surface area contributed by atoms with Crippen molar-refractivity contribution in [1.82, 2.24) is 20.5 Å². The number of nitrogens with one attached hydrogen (secondary N) is 2. The first-order valence-electron chi connectivity index (χ1n) is 7.35. The normalized spacial score (nSPS) is 11.9. The summed E-state index contributed by atoms with van der Waals surface area (Å²) in [5.74, 6) is 0.868. The lowest BCUT2D eigenvalue weighted by molar-refractivity contribution is 0.308. The molecular formula is C14H27N5S. The quantitative estimate of drug-likeness (QED) is 0.568. The Balaban J connectivity index is 2.42. The number of rotatable bonds is 8. The van der Waals surface area contributed by atoms with Gasteiger partial charge in [-0.25, -0.2) is 9.98 Å². The summed E-state index contributed by atoms with van der Waals surface area (Å²) in [6, 6.07) is 0. The van der Waals surface area contributed by atoms with E-state index in [4.69, 9.17) is 0 Å². The minimum Gasteiger partial charge on any atom is -0.357 e. The summed E-state index contributed by atoms with van der Waals surface area (Å²) in [7, 11) is 0. The molecule has 0 saturated carbocycles. The molecule has 5 nitrogen and oxygen atoms in total. The highest BCUT2D eigenvalue weighted by Gasteiger charge is 2.02. The average Bonchev–Trinajstić information content (AvgIpc) is 2.86. The van der Waals surface area contributed by atoms with Crippen molar-refractivity contribution in [3.05, 3.63) is 16.1 Å². The average molecular weight is 297 g/mol. The summed E-state index contributed by atoms with van der Waals surface area (Å²) >= 11 is 1.70. The number of aromatic nitrogens is 1. The number of hydrogen-bond donors (Lipinski definition) is 2. The Morgan fingerprint density at radius 1 is 1.30 bits per heavy atom. The summed E-state index contributed by atoms with van der Waals surface area (Å²) in [6.45, 7) is 14.1. The van der Waals surface area contributed by atoms with Crippen molar-refractivity contribution < 1.29 is 0 Å². The lowest BCUT2D eigenvalue weighted by atomic mass is 10.4. The fourth-order valence-electron chi connectivity index (χ4n) is 1.84. The molecule has 1 aromatic rings. The van der Waals surface area contributed by atoms with E-state index in [9.17, 15) is 0 Å². The minimum atomic E-state index is 0.638. The van der Waals surface area contributed by atoms with E-state index in [1.807, 2.05) is 6.20 Å². The predicted molar refractivity (Wildman–Crippen MR) is 87.5 cm³/mol. The van der Waals surface area contributed by atoms with Crippen LogP contribution in [0.3, 0.4) is 0 Å². The van der Waals surface area contributed by atoms with Gasteiger partial charge in [-0.1, -0.05) is 13.8 Å². The molecule has 1 heterocycles. The summed E-state index contributed by atoms with van der Waals surface area (Å²) in [5.41, 5.74) is 0. The van der Waals surface area contributed by atoms with Crippen LogP contribution >= 0.6 is 11.3 Å². The van der Waals surface area contributed by atoms with Crippen molar-refractivity contribution in [1.29, 1.82) is 0 Å². The van der Waals surface area contributed by atoms with Gasteiger partial charge in [-0.05, 0) is 26.9 Å². The summed E-state index contributed by atoms with van der Waals surface area (Å²) < 4.78 is 0. The van der Waals surface area contributed by atoms with Crippen LogP contribution in [0.5, 0.6) is 0 Å². The van der Waals surface area contributed by atoms with Gasteiger partial charge in [-0.15, -0.1) is 11.3 Å². The van der Waals surface area contributed by atoms with E-state index in [0.29, 0.717) is 6.54 Å². The maximum absolute atomic E-state index is 4.57. The van der Waals surface area contributed by atoms with Gasteiger partial charge >= 0.3 is 0 Å². The van der Waals surface area contributed by atoms with Crippen LogP contribution in [0.4, 0.5) is 0 Å². The molecule has 0 atom stereocenters. The van der Waals surface area contributed by atoms with Gasteiger partial charge in [0.25, 0.3) is 0 Å². The second-order valence-corrected chi connectivity index (χ2v) is 5.83. The van der Waals surface area contributed by atoms with Crippen molar-refractivity contribution in [2.45, 2.75) is 34.2 Å². The first-order valence-corrected chi connectivity index (χ1v) is 8.17. The molecule has 0 aliphatic carbocycles. The Kier molecular flexibility index (Phi) is 8.22. The first kappa shape index (κ1) is 16.9. The predicted octanol–water partition coefficient (Wildman–Crippen LogP) is 1.85. The molecule has 0 aromatic carbocycles. The molecular weight excluding hydrogens is 270 g/mol. The Labute approximate surface area is 126 Å². The van der Waals surface area contributed by atoms with Gasteiger partial charge < -0.3 is 15.5 Å². The highest BCUT2D eigenvalue weighted by atomic mass is 32.1. The van der Waals surface area contributed by atoms with Gasteiger partial charge in [0.2, 0.25) is 0 Å². The second-order valence-electron chi connectivity index (χ2n) is 4.51. The van der Waals surface area contributed by atoms with Crippen molar-refractivity contribution >= 4 is 17.3 Å². The van der Waals surface area contributed by atoms with Crippen molar-refractivity contribution in [2.75, 3.05) is 32.7 Å². The molecule has 0 radical (unpaired) electrons. The zero-order valence-electron chi connectivity index (χ0n) is 13.1. The van der Waals surface area contributed by atoms with Crippen LogP contribution < -0.4 is 10.6 Å². The first-order chi connectivity index (χ1) is 9.69. The highest BCUT2D eigenvalue weighted by molar-refractivity contribution is 7.11. The van der Waals surface area contributed by atoms with E-state index in [2.05, 4.69) is 53.2 Å². The van der Waals surface area contributed by atoms with Crippen LogP contribution in [0.15, 0.2) is 11.2 Å². The van der Waals surface area contributed by atoms with Gasteiger partial charge in [0.1, 0.15) is 5.01 Å². The minimum absolute atomic E-state index is 0.638. The summed E-state index contributed by atoms with van der Waals surface area (Å²) in [5, 5.41) is 7.70. The Morgan fingerprint density at radius 3 is 2.60 bits per heavy atom. The number of nitrogens with zero attached hydrogens (tertiary/aromatic N) is 3. The van der Waals surface area contributed by atoms with Gasteiger partial charge in [0.05, 0.1) is 6.54 Å². The maximum atomic E-state index is 4.57. The van der Waals surface area contributed by atoms with Crippen LogP contribution in [0.2, 0.25) is 0 Å². The third-order valence-electron chi connectivity index (χ3n) is 3.00. The van der Waals surface area contributed by atoms with E-state index >= 15 is 0 Å². The molecule has 114 valence electrons. The van der Waals surface area contributed by atoms with E-state index in [1.54, 1.807) is 11.3 Å². The van der Waals surface area contributed by atoms with Gasteiger partial charge in [0.15, 0.2) is 5.96 Å². The standard InChI is InChI=1S/C14H27N5S/c1-5-15-14(16-8-9-19(6-2)7-3)18-11-13-17-10-12(4)20-13/h10H,5-9,11H2,1-4H3,(H2,15,16,18). The van der Waals surface area contributed by atoms with Gasteiger partial charge in [-0.2, -0.15) is 0 Å². The molecule has 20 heavy (non-hydrogen) atoms. The molecule has 0 fully saturated rings. The van der Waals surface area contributed by atoms with E-state index in [1.165, 1.54) is 4.88 Å². The van der Waals surface area contributed by atoms with E-state index in [-0.39, 0.29) is 0 Å². The van der Waals surface area contributed by atoms with E-state index in [0.717, 1.165) is 43.7 Å². The molecule has 0 aliphatic heterocycles. The van der Waals surface area contributed by atoms with Gasteiger partial charge in [0, 0.05) is 30.7 Å². The SMILES string of the molecule is CCNC(=NCc1ncc(C)s1)NCCN(CC)CC. The number of thiazole rings is 1. The number of guanidine groups is 1. The fraction of sp³-hybridized carbons (Fsp3) is 0.714. The molecule has 0 bridgehead atoms. The molecule has 0 spiro atoms. The number of hydrogen-bond acceptors (Lipinski definition) is 4. The molecule has 0 unspecified atom stereocenters. The van der Waals surface area contributed by atoms with Crippen molar-refractivity contribution in [3.8, 4) is 0 Å². The number of aryl methyl sites for hydroxylation is 1. The lowest BCUT2D eigenvalue weighted by Gasteiger charge is -2.19. The third-order valence-corrected chi connectivity index (χ3v) is 3.90. The van der Waals surface area contributed by atoms with Crippen LogP contribution in [0, 0.1) is 6.92 Å². The van der Waals surface area contributed by atoms with Crippen LogP contribution in [0.1, 0.15) is 30.7 Å². The highest BCUT2D eigenvalue weighted by Crippen LogP contribution is 2.11. The zero-order valence-corrected chi connectivity index (χ0v) is 13.9. The van der Waals surface area contributed by atoms with Crippen LogP contribution in [-0.4, -0.2) is 48.6 Å². The van der Waals surface area contributed by atoms with Crippen molar-refractivity contribution in [3.63, 3.8) is 0 Å². The Morgan fingerprint density at radius 2 is 2.05 bits per heavy atom. The monoisotopic (exact) mass is 297 g/mol. The molecule has 0 aliphatic rings. The molecule has 6 heteroatoms. The summed E-state index contributed by atoms with van der Waals surface area (Å²) in [4.78, 5) is 12.5. The summed E-state index contributed by atoms with van der Waals surface area (Å²) in [6.07, 6.45) is 1.90. The number of aliphatic imine (C=N–C) groups is 1. The second kappa shape index (κ2) is 9.72. The lowest BCUT2D eigenvalue weighted by Crippen LogP contribution is -2.41. The fourth-order valence-corrected chi connectivity index (χ4v) is 2.55. The van der Waals surface area contributed by atoms with Crippen molar-refractivity contribution in [2.24, 2.45) is 4.99 Å². The van der Waals surface area contributed by atoms with E-state index < -0.39 is 0 Å². The molecule has 1 rings (SSSR count). The zero-order chi connectivity index (χ0) is 14.8. The third kappa shape index (κ3) is 6.34.